The van der Waals surface area contributed by atoms with E-state index in [0.717, 1.165) is 4.90 Å². The highest BCUT2D eigenvalue weighted by Gasteiger charge is 2.44. The molecule has 0 atom stereocenters. The summed E-state index contributed by atoms with van der Waals surface area (Å²) in [5, 5.41) is 0. The van der Waals surface area contributed by atoms with Crippen molar-refractivity contribution >= 4 is 22.7 Å². The van der Waals surface area contributed by atoms with Gasteiger partial charge in [0.25, 0.3) is 0 Å². The van der Waals surface area contributed by atoms with Crippen LogP contribution in [-0.4, -0.2) is 18.5 Å². The second-order valence-corrected chi connectivity index (χ2v) is 4.19. The van der Waals surface area contributed by atoms with Crippen molar-refractivity contribution in [1.82, 2.24) is 0 Å². The number of thiol groups is 1. The van der Waals surface area contributed by atoms with Gasteiger partial charge in [0, 0.05) is 4.90 Å². The molecule has 15 heavy (non-hydrogen) atoms. The quantitative estimate of drug-likeness (QED) is 0.428. The van der Waals surface area contributed by atoms with Gasteiger partial charge in [0.15, 0.2) is 0 Å². The first-order valence-electron chi connectivity index (χ1n) is 3.42. The van der Waals surface area contributed by atoms with Gasteiger partial charge < -0.3 is 0 Å². The summed E-state index contributed by atoms with van der Waals surface area (Å²) >= 11 is 4.08. The van der Waals surface area contributed by atoms with Crippen molar-refractivity contribution < 1.29 is 26.1 Å². The zero-order valence-electron chi connectivity index (χ0n) is 7.14. The lowest BCUT2D eigenvalue weighted by Crippen LogP contribution is -2.21. The number of hydrogen-bond acceptors (Lipinski definition) is 3. The molecule has 1 aromatic carbocycles. The smallest absolute Gasteiger partial charge is 0.279 e. The normalized spacial score (nSPS) is 11.5. The fraction of sp³-hybridized carbons (Fsp3) is 0.143. The van der Waals surface area contributed by atoms with Crippen LogP contribution in [-0.2, 0) is 10.1 Å². The maximum Gasteiger partial charge on any atom is 0.522 e. The second kappa shape index (κ2) is 5.38. The van der Waals surface area contributed by atoms with Gasteiger partial charge in [-0.15, -0.1) is 12.6 Å². The summed E-state index contributed by atoms with van der Waals surface area (Å²) in [5.74, 6) is 0. The highest BCUT2D eigenvalue weighted by Crippen LogP contribution is 2.20. The van der Waals surface area contributed by atoms with Crippen LogP contribution in [0.1, 0.15) is 0 Å². The molecule has 0 aliphatic heterocycles. The maximum atomic E-state index is 10.7. The van der Waals surface area contributed by atoms with Gasteiger partial charge >= 0.3 is 15.6 Å². The van der Waals surface area contributed by atoms with Gasteiger partial charge in [-0.2, -0.15) is 21.6 Å². The second-order valence-electron chi connectivity index (χ2n) is 2.26. The number of benzene rings is 1. The maximum absolute atomic E-state index is 10.7. The van der Waals surface area contributed by atoms with Crippen LogP contribution in [0.5, 0.6) is 0 Å². The molecule has 0 saturated heterocycles. The summed E-state index contributed by atoms with van der Waals surface area (Å²) in [6.07, 6.45) is 0. The molecule has 0 aliphatic rings. The molecule has 0 amide bonds. The fourth-order valence-electron chi connectivity index (χ4n) is 0.428. The lowest BCUT2D eigenvalue weighted by Gasteiger charge is -1.97. The third kappa shape index (κ3) is 6.37. The lowest BCUT2D eigenvalue weighted by atomic mass is 10.4. The minimum atomic E-state index is -5.84. The Balaban J connectivity index is 0.000000262. The van der Waals surface area contributed by atoms with Crippen LogP contribution in [0.2, 0.25) is 0 Å². The van der Waals surface area contributed by atoms with E-state index in [1.807, 2.05) is 30.3 Å². The van der Waals surface area contributed by atoms with Crippen LogP contribution in [0, 0.1) is 0 Å². The summed E-state index contributed by atoms with van der Waals surface area (Å²) < 4.78 is 57.5. The average molecular weight is 260 g/mol. The summed E-state index contributed by atoms with van der Waals surface area (Å²) in [5.41, 5.74) is -5.53. The van der Waals surface area contributed by atoms with Crippen molar-refractivity contribution in [2.24, 2.45) is 0 Å². The highest BCUT2D eigenvalue weighted by molar-refractivity contribution is 7.86. The molecule has 0 fully saturated rings. The van der Waals surface area contributed by atoms with Crippen molar-refractivity contribution in [3.8, 4) is 0 Å². The first-order valence-corrected chi connectivity index (χ1v) is 5.31. The number of hydrogen-bond donors (Lipinski definition) is 2. The molecular formula is C7H7F3O3S2. The van der Waals surface area contributed by atoms with E-state index in [-0.39, 0.29) is 0 Å². The lowest BCUT2D eigenvalue weighted by molar-refractivity contribution is -0.0510. The molecule has 0 aromatic heterocycles. The van der Waals surface area contributed by atoms with E-state index in [1.165, 1.54) is 0 Å². The topological polar surface area (TPSA) is 54.4 Å². The first kappa shape index (κ1) is 14.3. The summed E-state index contributed by atoms with van der Waals surface area (Å²) in [6.45, 7) is 0. The predicted octanol–water partition coefficient (Wildman–Crippen LogP) is 2.37. The Hall–Kier alpha value is -0.730. The van der Waals surface area contributed by atoms with Crippen molar-refractivity contribution in [2.75, 3.05) is 0 Å². The van der Waals surface area contributed by atoms with Crippen LogP contribution < -0.4 is 0 Å². The molecule has 86 valence electrons. The summed E-state index contributed by atoms with van der Waals surface area (Å²) in [4.78, 5) is 1.02. The zero-order valence-corrected chi connectivity index (χ0v) is 8.85. The molecule has 0 unspecified atom stereocenters. The molecule has 0 aliphatic carbocycles. The Morgan fingerprint density at radius 1 is 1.13 bits per heavy atom. The number of rotatable bonds is 0. The molecule has 8 heteroatoms. The van der Waals surface area contributed by atoms with Gasteiger partial charge in [0.1, 0.15) is 0 Å². The van der Waals surface area contributed by atoms with E-state index in [0.29, 0.717) is 0 Å². The third-order valence-electron chi connectivity index (χ3n) is 1.05. The highest BCUT2D eigenvalue weighted by atomic mass is 32.2. The minimum absolute atomic E-state index is 1.02. The van der Waals surface area contributed by atoms with Crippen LogP contribution >= 0.6 is 12.6 Å². The molecule has 1 rings (SSSR count). The van der Waals surface area contributed by atoms with Gasteiger partial charge in [0.2, 0.25) is 0 Å². The van der Waals surface area contributed by atoms with Crippen molar-refractivity contribution in [1.29, 1.82) is 0 Å². The van der Waals surface area contributed by atoms with Gasteiger partial charge in [-0.1, -0.05) is 18.2 Å². The van der Waals surface area contributed by atoms with Crippen LogP contribution in [0.4, 0.5) is 13.2 Å². The van der Waals surface area contributed by atoms with Crippen LogP contribution in [0.3, 0.4) is 0 Å². The summed E-state index contributed by atoms with van der Waals surface area (Å²) in [6, 6.07) is 9.79. The Morgan fingerprint density at radius 2 is 1.47 bits per heavy atom. The molecule has 0 saturated carbocycles. The molecule has 0 spiro atoms. The Bertz CT molecular complexity index is 386. The van der Waals surface area contributed by atoms with E-state index >= 15 is 0 Å². The Kier molecular flexibility index (Phi) is 5.12. The van der Waals surface area contributed by atoms with Gasteiger partial charge in [-0.25, -0.2) is 0 Å². The van der Waals surface area contributed by atoms with E-state index in [9.17, 15) is 13.2 Å². The van der Waals surface area contributed by atoms with Crippen LogP contribution in [0.15, 0.2) is 35.2 Å². The van der Waals surface area contributed by atoms with Gasteiger partial charge in [-0.3, -0.25) is 4.55 Å². The van der Waals surface area contributed by atoms with E-state index in [1.54, 1.807) is 0 Å². The van der Waals surface area contributed by atoms with Gasteiger partial charge in [0.05, 0.1) is 0 Å². The fourth-order valence-corrected chi connectivity index (χ4v) is 0.600. The minimum Gasteiger partial charge on any atom is -0.279 e. The first-order chi connectivity index (χ1) is 6.64. The van der Waals surface area contributed by atoms with E-state index in [2.05, 4.69) is 12.6 Å². The van der Waals surface area contributed by atoms with Crippen molar-refractivity contribution in [3.63, 3.8) is 0 Å². The Morgan fingerprint density at radius 3 is 1.60 bits per heavy atom. The molecular weight excluding hydrogens is 253 g/mol. The third-order valence-corrected chi connectivity index (χ3v) is 1.93. The van der Waals surface area contributed by atoms with Crippen molar-refractivity contribution in [3.05, 3.63) is 30.3 Å². The molecule has 0 heterocycles. The van der Waals surface area contributed by atoms with Crippen molar-refractivity contribution in [2.45, 2.75) is 10.4 Å². The zero-order chi connectivity index (χ0) is 12.1. The average Bonchev–Trinajstić information content (AvgIpc) is 2.02. The van der Waals surface area contributed by atoms with Gasteiger partial charge in [-0.05, 0) is 12.1 Å². The number of alkyl halides is 3. The summed E-state index contributed by atoms with van der Waals surface area (Å²) in [7, 11) is -5.84. The molecule has 0 radical (unpaired) electrons. The largest absolute Gasteiger partial charge is 0.522 e. The number of halogens is 3. The molecule has 1 aromatic rings. The van der Waals surface area contributed by atoms with Crippen LogP contribution in [0.25, 0.3) is 0 Å². The molecule has 1 N–H and O–H groups in total. The standard InChI is InChI=1S/C6H6S.CHF3O3S/c7-6-4-2-1-3-5-6;2-1(3,4)8(5,6)7/h1-5,7H;(H,5,6,7). The predicted molar refractivity (Wildman–Crippen MR) is 51.3 cm³/mol. The molecule has 0 bridgehead atoms. The van der Waals surface area contributed by atoms with E-state index < -0.39 is 15.6 Å². The SMILES string of the molecule is O=S(=O)(O)C(F)(F)F.Sc1ccccc1. The Labute approximate surface area is 90.1 Å². The molecule has 3 nitrogen and oxygen atoms in total. The van der Waals surface area contributed by atoms with E-state index in [4.69, 9.17) is 13.0 Å². The monoisotopic (exact) mass is 260 g/mol.